The van der Waals surface area contributed by atoms with E-state index < -0.39 is 17.3 Å². The molecule has 1 aliphatic heterocycles. The summed E-state index contributed by atoms with van der Waals surface area (Å²) in [6, 6.07) is 7.46. The molecule has 0 radical (unpaired) electrons. The number of carbonyl (C=O) groups excluding carboxylic acids is 1. The largest absolute Gasteiger partial charge is 0.496 e. The molecule has 0 aromatic heterocycles. The molecule has 5 heteroatoms. The molecular formula is C17H23NO4. The number of amides is 1. The Balaban J connectivity index is 2.25. The molecule has 1 aromatic rings. The second-order valence-corrected chi connectivity index (χ2v) is 6.25. The van der Waals surface area contributed by atoms with Gasteiger partial charge in [-0.05, 0) is 32.8 Å². The minimum atomic E-state index is -0.826. The van der Waals surface area contributed by atoms with Crippen molar-refractivity contribution >= 4 is 11.9 Å². The van der Waals surface area contributed by atoms with Gasteiger partial charge in [0.15, 0.2) is 0 Å². The van der Waals surface area contributed by atoms with E-state index in [2.05, 4.69) is 0 Å². The predicted molar refractivity (Wildman–Crippen MR) is 83.0 cm³/mol. The van der Waals surface area contributed by atoms with E-state index in [9.17, 15) is 14.7 Å². The number of hydrogen-bond acceptors (Lipinski definition) is 3. The molecule has 1 saturated heterocycles. The minimum Gasteiger partial charge on any atom is -0.496 e. The molecule has 1 unspecified atom stereocenters. The van der Waals surface area contributed by atoms with E-state index in [1.807, 2.05) is 38.1 Å². The fourth-order valence-electron chi connectivity index (χ4n) is 3.03. The Morgan fingerprint density at radius 3 is 2.64 bits per heavy atom. The van der Waals surface area contributed by atoms with E-state index in [1.54, 1.807) is 12.0 Å². The van der Waals surface area contributed by atoms with Crippen LogP contribution in [0, 0.1) is 5.92 Å². The fourth-order valence-corrected chi connectivity index (χ4v) is 3.03. The summed E-state index contributed by atoms with van der Waals surface area (Å²) >= 11 is 0. The standard InChI is InChI=1S/C17H23NO4/c1-17(2,13-8-4-5-9-14(13)22-3)16(21)18-10-6-7-12(11-18)15(19)20/h4-5,8-9,12H,6-7,10-11H2,1-3H3,(H,19,20). The number of carboxylic acids is 1. The molecule has 0 aliphatic carbocycles. The number of likely N-dealkylation sites (tertiary alicyclic amines) is 1. The summed E-state index contributed by atoms with van der Waals surface area (Å²) in [5.74, 6) is -0.672. The van der Waals surface area contributed by atoms with Crippen molar-refractivity contribution in [1.29, 1.82) is 0 Å². The lowest BCUT2D eigenvalue weighted by atomic mass is 9.81. The second-order valence-electron chi connectivity index (χ2n) is 6.25. The topological polar surface area (TPSA) is 66.8 Å². The smallest absolute Gasteiger partial charge is 0.308 e. The zero-order valence-corrected chi connectivity index (χ0v) is 13.3. The first-order chi connectivity index (χ1) is 10.4. The SMILES string of the molecule is COc1ccccc1C(C)(C)C(=O)N1CCCC(C(=O)O)C1. The summed E-state index contributed by atoms with van der Waals surface area (Å²) < 4.78 is 5.36. The second kappa shape index (κ2) is 6.38. The first-order valence-corrected chi connectivity index (χ1v) is 7.53. The Hall–Kier alpha value is -2.04. The van der Waals surface area contributed by atoms with Crippen LogP contribution in [-0.2, 0) is 15.0 Å². The Morgan fingerprint density at radius 2 is 2.00 bits per heavy atom. The van der Waals surface area contributed by atoms with Crippen molar-refractivity contribution in [2.24, 2.45) is 5.92 Å². The zero-order valence-electron chi connectivity index (χ0n) is 13.3. The Kier molecular flexibility index (Phi) is 4.74. The highest BCUT2D eigenvalue weighted by Gasteiger charge is 2.38. The van der Waals surface area contributed by atoms with E-state index in [4.69, 9.17) is 4.74 Å². The van der Waals surface area contributed by atoms with Gasteiger partial charge in [-0.3, -0.25) is 9.59 Å². The van der Waals surface area contributed by atoms with Crippen LogP contribution >= 0.6 is 0 Å². The zero-order chi connectivity index (χ0) is 16.3. The van der Waals surface area contributed by atoms with Gasteiger partial charge in [-0.25, -0.2) is 0 Å². The molecule has 1 fully saturated rings. The van der Waals surface area contributed by atoms with Crippen molar-refractivity contribution in [3.8, 4) is 5.75 Å². The number of carboxylic acid groups (broad SMARTS) is 1. The summed E-state index contributed by atoms with van der Waals surface area (Å²) in [6.07, 6.45) is 1.36. The van der Waals surface area contributed by atoms with Crippen LogP contribution in [0.2, 0.25) is 0 Å². The van der Waals surface area contributed by atoms with Crippen LogP contribution in [0.4, 0.5) is 0 Å². The first-order valence-electron chi connectivity index (χ1n) is 7.53. The van der Waals surface area contributed by atoms with Gasteiger partial charge in [-0.2, -0.15) is 0 Å². The molecule has 1 heterocycles. The van der Waals surface area contributed by atoms with Crippen LogP contribution in [-0.4, -0.2) is 42.1 Å². The van der Waals surface area contributed by atoms with Crippen molar-refractivity contribution < 1.29 is 19.4 Å². The lowest BCUT2D eigenvalue weighted by molar-refractivity contribution is -0.147. The maximum Gasteiger partial charge on any atom is 0.308 e. The highest BCUT2D eigenvalue weighted by molar-refractivity contribution is 5.88. The third-order valence-corrected chi connectivity index (χ3v) is 4.37. The predicted octanol–water partition coefficient (Wildman–Crippen LogP) is 2.30. The van der Waals surface area contributed by atoms with E-state index in [0.29, 0.717) is 18.7 Å². The number of nitrogens with zero attached hydrogens (tertiary/aromatic N) is 1. The number of carbonyl (C=O) groups is 2. The van der Waals surface area contributed by atoms with E-state index in [1.165, 1.54) is 0 Å². The first kappa shape index (κ1) is 16.3. The number of para-hydroxylation sites is 1. The summed E-state index contributed by atoms with van der Waals surface area (Å²) in [6.45, 7) is 4.61. The van der Waals surface area contributed by atoms with Gasteiger partial charge >= 0.3 is 5.97 Å². The molecule has 5 nitrogen and oxygen atoms in total. The molecule has 1 atom stereocenters. The van der Waals surface area contributed by atoms with Crippen LogP contribution < -0.4 is 4.74 Å². The molecule has 1 aromatic carbocycles. The van der Waals surface area contributed by atoms with E-state index in [0.717, 1.165) is 12.0 Å². The van der Waals surface area contributed by atoms with Gasteiger partial charge in [0.05, 0.1) is 18.4 Å². The maximum atomic E-state index is 12.9. The van der Waals surface area contributed by atoms with Crippen LogP contribution in [0.1, 0.15) is 32.3 Å². The summed E-state index contributed by atoms with van der Waals surface area (Å²) in [5, 5.41) is 9.18. The monoisotopic (exact) mass is 305 g/mol. The number of piperidine rings is 1. The van der Waals surface area contributed by atoms with Crippen LogP contribution in [0.3, 0.4) is 0 Å². The fraction of sp³-hybridized carbons (Fsp3) is 0.529. The highest BCUT2D eigenvalue weighted by Crippen LogP contribution is 2.34. The number of hydrogen-bond donors (Lipinski definition) is 1. The number of methoxy groups -OCH3 is 1. The lowest BCUT2D eigenvalue weighted by Crippen LogP contribution is -2.49. The number of aliphatic carboxylic acids is 1. The molecule has 0 saturated carbocycles. The quantitative estimate of drug-likeness (QED) is 0.927. The van der Waals surface area contributed by atoms with Crippen molar-refractivity contribution in [2.45, 2.75) is 32.1 Å². The number of rotatable bonds is 4. The van der Waals surface area contributed by atoms with Gasteiger partial charge < -0.3 is 14.7 Å². The Labute approximate surface area is 130 Å². The van der Waals surface area contributed by atoms with Gasteiger partial charge in [-0.15, -0.1) is 0 Å². The van der Waals surface area contributed by atoms with Crippen LogP contribution in [0.25, 0.3) is 0 Å². The van der Waals surface area contributed by atoms with Crippen molar-refractivity contribution in [3.63, 3.8) is 0 Å². The average molecular weight is 305 g/mol. The molecule has 120 valence electrons. The third-order valence-electron chi connectivity index (χ3n) is 4.37. The minimum absolute atomic E-state index is 0.0528. The summed E-state index contributed by atoms with van der Waals surface area (Å²) in [7, 11) is 1.58. The molecule has 1 N–H and O–H groups in total. The number of benzene rings is 1. The lowest BCUT2D eigenvalue weighted by Gasteiger charge is -2.37. The Morgan fingerprint density at radius 1 is 1.32 bits per heavy atom. The van der Waals surface area contributed by atoms with Crippen LogP contribution in [0.5, 0.6) is 5.75 Å². The molecule has 0 bridgehead atoms. The van der Waals surface area contributed by atoms with Crippen molar-refractivity contribution in [2.75, 3.05) is 20.2 Å². The molecule has 1 aliphatic rings. The molecule has 0 spiro atoms. The van der Waals surface area contributed by atoms with E-state index in [-0.39, 0.29) is 12.5 Å². The van der Waals surface area contributed by atoms with Gasteiger partial charge in [0.1, 0.15) is 5.75 Å². The summed E-state index contributed by atoms with van der Waals surface area (Å²) in [5.41, 5.74) is 0.0624. The molecule has 2 rings (SSSR count). The Bertz CT molecular complexity index is 568. The average Bonchev–Trinajstić information content (AvgIpc) is 2.54. The highest BCUT2D eigenvalue weighted by atomic mass is 16.5. The van der Waals surface area contributed by atoms with Crippen molar-refractivity contribution in [3.05, 3.63) is 29.8 Å². The maximum absolute atomic E-state index is 12.9. The van der Waals surface area contributed by atoms with Gasteiger partial charge in [0.2, 0.25) is 5.91 Å². The van der Waals surface area contributed by atoms with E-state index >= 15 is 0 Å². The van der Waals surface area contributed by atoms with Gasteiger partial charge in [-0.1, -0.05) is 18.2 Å². The van der Waals surface area contributed by atoms with Gasteiger partial charge in [0.25, 0.3) is 0 Å². The molecule has 1 amide bonds. The third kappa shape index (κ3) is 3.08. The summed E-state index contributed by atoms with van der Waals surface area (Å²) in [4.78, 5) is 25.8. The normalized spacial score (nSPS) is 18.9. The van der Waals surface area contributed by atoms with Crippen LogP contribution in [0.15, 0.2) is 24.3 Å². The van der Waals surface area contributed by atoms with Gasteiger partial charge in [0, 0.05) is 18.7 Å². The van der Waals surface area contributed by atoms with Crippen molar-refractivity contribution in [1.82, 2.24) is 4.90 Å². The molecule has 22 heavy (non-hydrogen) atoms. The number of ether oxygens (including phenoxy) is 1. The molecular weight excluding hydrogens is 282 g/mol.